The molecule has 2 heterocycles. The summed E-state index contributed by atoms with van der Waals surface area (Å²) in [6.07, 6.45) is 0.683. The smallest absolute Gasteiger partial charge is 0.339 e. The Morgan fingerprint density at radius 1 is 1.24 bits per heavy atom. The van der Waals surface area contributed by atoms with E-state index in [-0.39, 0.29) is 29.8 Å². The van der Waals surface area contributed by atoms with Gasteiger partial charge in [-0.2, -0.15) is 0 Å². The lowest BCUT2D eigenvalue weighted by Crippen LogP contribution is -2.43. The molecule has 1 unspecified atom stereocenters. The van der Waals surface area contributed by atoms with Crippen LogP contribution in [0.5, 0.6) is 11.5 Å². The molecule has 0 aliphatic carbocycles. The van der Waals surface area contributed by atoms with E-state index >= 15 is 0 Å². The lowest BCUT2D eigenvalue weighted by Gasteiger charge is -2.31. The molecule has 1 aliphatic heterocycles. The number of pyridine rings is 1. The number of aromatic carboxylic acids is 1. The summed E-state index contributed by atoms with van der Waals surface area (Å²) in [6, 6.07) is 12.7. The van der Waals surface area contributed by atoms with Gasteiger partial charge >= 0.3 is 5.97 Å². The molecule has 8 heteroatoms. The van der Waals surface area contributed by atoms with Crippen LogP contribution >= 0.6 is 0 Å². The predicted octanol–water partition coefficient (Wildman–Crippen LogP) is 3.87. The number of rotatable bonds is 6. The van der Waals surface area contributed by atoms with Gasteiger partial charge in [0.2, 0.25) is 5.91 Å². The van der Waals surface area contributed by atoms with Gasteiger partial charge in [-0.25, -0.2) is 4.79 Å². The summed E-state index contributed by atoms with van der Waals surface area (Å²) in [5.74, 6) is -0.132. The molecule has 0 bridgehead atoms. The maximum absolute atomic E-state index is 13.1. The monoisotopic (exact) mass is 449 g/mol. The van der Waals surface area contributed by atoms with E-state index < -0.39 is 11.4 Å². The van der Waals surface area contributed by atoms with Crippen LogP contribution in [0.25, 0.3) is 10.9 Å². The maximum Gasteiger partial charge on any atom is 0.339 e. The Morgan fingerprint density at radius 3 is 2.76 bits per heavy atom. The van der Waals surface area contributed by atoms with Crippen molar-refractivity contribution in [2.24, 2.45) is 5.41 Å². The van der Waals surface area contributed by atoms with Gasteiger partial charge in [-0.05, 0) is 39.0 Å². The van der Waals surface area contributed by atoms with Crippen molar-refractivity contribution in [1.29, 1.82) is 0 Å². The highest BCUT2D eigenvalue weighted by Gasteiger charge is 2.33. The molecule has 0 saturated carbocycles. The number of carboxylic acid groups (broad SMARTS) is 1. The normalized spacial score (nSPS) is 15.4. The number of nitrogen functional groups attached to an aromatic ring is 1. The van der Waals surface area contributed by atoms with Gasteiger partial charge in [-0.1, -0.05) is 24.3 Å². The average molecular weight is 450 g/mol. The highest BCUT2D eigenvalue weighted by atomic mass is 16.5. The number of hydrogen-bond donors (Lipinski definition) is 3. The first kappa shape index (κ1) is 22.4. The lowest BCUT2D eigenvalue weighted by atomic mass is 9.91. The van der Waals surface area contributed by atoms with Crippen LogP contribution < -0.4 is 20.5 Å². The number of nitrogens with zero attached hydrogens (tertiary/aromatic N) is 1. The van der Waals surface area contributed by atoms with Crippen LogP contribution in [-0.2, 0) is 4.79 Å². The first-order chi connectivity index (χ1) is 15.7. The summed E-state index contributed by atoms with van der Waals surface area (Å²) in [4.78, 5) is 29.2. The molecule has 8 nitrogen and oxygen atoms in total. The van der Waals surface area contributed by atoms with Crippen molar-refractivity contribution in [3.8, 4) is 11.5 Å². The van der Waals surface area contributed by atoms with Gasteiger partial charge < -0.3 is 25.6 Å². The molecule has 0 spiro atoms. The highest BCUT2D eigenvalue weighted by molar-refractivity contribution is 6.06. The van der Waals surface area contributed by atoms with E-state index in [0.717, 1.165) is 11.3 Å². The number of para-hydroxylation sites is 1. The summed E-state index contributed by atoms with van der Waals surface area (Å²) in [6.45, 7) is 5.81. The minimum Gasteiger partial charge on any atom is -0.493 e. The Bertz CT molecular complexity index is 1240. The van der Waals surface area contributed by atoms with E-state index in [4.69, 9.17) is 15.2 Å². The van der Waals surface area contributed by atoms with Gasteiger partial charge in [0, 0.05) is 12.0 Å². The Balaban J connectivity index is 1.55. The standard InChI is InChI=1S/C25H27N3O5/c1-14-20(23(29)30)22(26)21-17(27-14)8-6-10-19(21)33-13-25(2,3)24(31)28-16-11-12-32-18-9-5-4-7-15(16)18/h4-10,16H,11-13H2,1-3H3,(H2,26,27)(H,28,31)(H,29,30). The molecule has 4 rings (SSSR count). The zero-order valence-corrected chi connectivity index (χ0v) is 18.8. The van der Waals surface area contributed by atoms with Gasteiger partial charge in [0.25, 0.3) is 0 Å². The van der Waals surface area contributed by atoms with Crippen molar-refractivity contribution >= 4 is 28.5 Å². The minimum absolute atomic E-state index is 0.0475. The topological polar surface area (TPSA) is 124 Å². The number of carboxylic acids is 1. The van der Waals surface area contributed by atoms with Gasteiger partial charge in [0.05, 0.1) is 40.3 Å². The Hall–Kier alpha value is -3.81. The summed E-state index contributed by atoms with van der Waals surface area (Å²) >= 11 is 0. The second kappa shape index (κ2) is 8.61. The van der Waals surface area contributed by atoms with Crippen molar-refractivity contribution in [2.45, 2.75) is 33.2 Å². The third kappa shape index (κ3) is 4.28. The van der Waals surface area contributed by atoms with Crippen molar-refractivity contribution in [1.82, 2.24) is 10.3 Å². The van der Waals surface area contributed by atoms with E-state index in [1.807, 2.05) is 24.3 Å². The number of ether oxygens (including phenoxy) is 2. The van der Waals surface area contributed by atoms with E-state index in [1.165, 1.54) is 0 Å². The lowest BCUT2D eigenvalue weighted by molar-refractivity contribution is -0.131. The van der Waals surface area contributed by atoms with E-state index in [9.17, 15) is 14.7 Å². The molecule has 0 radical (unpaired) electrons. The molecule has 1 atom stereocenters. The summed E-state index contributed by atoms with van der Waals surface area (Å²) in [5, 5.41) is 13.1. The van der Waals surface area contributed by atoms with Crippen LogP contribution in [0.15, 0.2) is 42.5 Å². The molecule has 2 aromatic carbocycles. The fraction of sp³-hybridized carbons (Fsp3) is 0.320. The van der Waals surface area contributed by atoms with Crippen molar-refractivity contribution in [3.05, 3.63) is 59.3 Å². The Labute approximate surface area is 191 Å². The van der Waals surface area contributed by atoms with Gasteiger partial charge in [-0.3, -0.25) is 9.78 Å². The number of aromatic nitrogens is 1. The summed E-state index contributed by atoms with van der Waals surface area (Å²) in [7, 11) is 0. The zero-order valence-electron chi connectivity index (χ0n) is 18.8. The summed E-state index contributed by atoms with van der Waals surface area (Å²) < 4.78 is 11.7. The molecule has 1 amide bonds. The average Bonchev–Trinajstić information content (AvgIpc) is 2.77. The second-order valence-electron chi connectivity index (χ2n) is 8.81. The number of benzene rings is 2. The molecular formula is C25H27N3O5. The fourth-order valence-corrected chi connectivity index (χ4v) is 4.00. The maximum atomic E-state index is 13.1. The van der Waals surface area contributed by atoms with E-state index in [1.54, 1.807) is 39.0 Å². The van der Waals surface area contributed by atoms with Crippen LogP contribution in [0.2, 0.25) is 0 Å². The number of aryl methyl sites for hydroxylation is 1. The SMILES string of the molecule is Cc1nc2cccc(OCC(C)(C)C(=O)NC3CCOc4ccccc43)c2c(N)c1C(=O)O. The van der Waals surface area contributed by atoms with Gasteiger partial charge in [0.15, 0.2) is 0 Å². The first-order valence-corrected chi connectivity index (χ1v) is 10.8. The van der Waals surface area contributed by atoms with Crippen LogP contribution in [0.4, 0.5) is 5.69 Å². The van der Waals surface area contributed by atoms with Crippen molar-refractivity contribution in [3.63, 3.8) is 0 Å². The zero-order chi connectivity index (χ0) is 23.8. The van der Waals surface area contributed by atoms with Crippen LogP contribution in [0.3, 0.4) is 0 Å². The van der Waals surface area contributed by atoms with Crippen molar-refractivity contribution < 1.29 is 24.2 Å². The molecule has 3 aromatic rings. The largest absolute Gasteiger partial charge is 0.493 e. The van der Waals surface area contributed by atoms with Crippen LogP contribution in [0.1, 0.15) is 47.9 Å². The van der Waals surface area contributed by atoms with Crippen LogP contribution in [0, 0.1) is 12.3 Å². The molecule has 172 valence electrons. The first-order valence-electron chi connectivity index (χ1n) is 10.8. The molecule has 0 saturated heterocycles. The number of carbonyl (C=O) groups excluding carboxylic acids is 1. The van der Waals surface area contributed by atoms with Crippen molar-refractivity contribution in [2.75, 3.05) is 18.9 Å². The minimum atomic E-state index is -1.15. The number of hydrogen-bond acceptors (Lipinski definition) is 6. The third-order valence-electron chi connectivity index (χ3n) is 5.87. The predicted molar refractivity (Wildman–Crippen MR) is 125 cm³/mol. The van der Waals surface area contributed by atoms with E-state index in [2.05, 4.69) is 10.3 Å². The number of fused-ring (bicyclic) bond motifs is 2. The number of nitrogens with one attached hydrogen (secondary N) is 1. The molecule has 1 aliphatic rings. The molecular weight excluding hydrogens is 422 g/mol. The Kier molecular flexibility index (Phi) is 5.84. The number of anilines is 1. The quantitative estimate of drug-likeness (QED) is 0.522. The number of nitrogens with two attached hydrogens (primary N) is 1. The highest BCUT2D eigenvalue weighted by Crippen LogP contribution is 2.35. The molecule has 1 aromatic heterocycles. The van der Waals surface area contributed by atoms with Gasteiger partial charge in [0.1, 0.15) is 23.7 Å². The fourth-order valence-electron chi connectivity index (χ4n) is 4.00. The Morgan fingerprint density at radius 2 is 2.00 bits per heavy atom. The summed E-state index contributed by atoms with van der Waals surface area (Å²) in [5.41, 5.74) is 7.21. The molecule has 4 N–H and O–H groups in total. The third-order valence-corrected chi connectivity index (χ3v) is 5.87. The van der Waals surface area contributed by atoms with Crippen LogP contribution in [-0.4, -0.2) is 35.2 Å². The van der Waals surface area contributed by atoms with E-state index in [0.29, 0.717) is 35.4 Å². The molecule has 0 fully saturated rings. The van der Waals surface area contributed by atoms with Gasteiger partial charge in [-0.15, -0.1) is 0 Å². The molecule has 33 heavy (non-hydrogen) atoms. The second-order valence-corrected chi connectivity index (χ2v) is 8.81. The number of amides is 1. The number of carbonyl (C=O) groups is 2.